The zero-order chi connectivity index (χ0) is 22.7. The molecule has 0 bridgehead atoms. The van der Waals surface area contributed by atoms with E-state index in [4.69, 9.17) is 0 Å². The highest BCUT2D eigenvalue weighted by Crippen LogP contribution is 2.32. The first-order valence-electron chi connectivity index (χ1n) is 10.6. The van der Waals surface area contributed by atoms with E-state index in [0.717, 1.165) is 42.5 Å². The number of hydrogen-bond donors (Lipinski definition) is 0. The third-order valence-corrected chi connectivity index (χ3v) is 5.59. The van der Waals surface area contributed by atoms with Crippen LogP contribution in [-0.4, -0.2) is 0 Å². The summed E-state index contributed by atoms with van der Waals surface area (Å²) in [5, 5.41) is 0. The molecule has 0 heterocycles. The Kier molecular flexibility index (Phi) is 6.40. The number of rotatable bonds is 6. The average molecular weight is 434 g/mol. The van der Waals surface area contributed by atoms with Gasteiger partial charge in [-0.15, -0.1) is 0 Å². The van der Waals surface area contributed by atoms with Crippen molar-refractivity contribution >= 4 is 0 Å². The van der Waals surface area contributed by atoms with E-state index in [1.165, 1.54) is 29.8 Å². The molecule has 0 saturated carbocycles. The normalized spacial score (nSPS) is 11.0. The van der Waals surface area contributed by atoms with Crippen LogP contribution in [0, 0.1) is 23.3 Å². The van der Waals surface area contributed by atoms with E-state index < -0.39 is 23.3 Å². The van der Waals surface area contributed by atoms with Crippen molar-refractivity contribution < 1.29 is 17.6 Å². The van der Waals surface area contributed by atoms with Gasteiger partial charge in [-0.3, -0.25) is 0 Å². The van der Waals surface area contributed by atoms with Gasteiger partial charge in [-0.2, -0.15) is 0 Å². The highest BCUT2D eigenvalue weighted by Gasteiger charge is 2.13. The maximum absolute atomic E-state index is 14.9. The second-order valence-electron chi connectivity index (χ2n) is 7.82. The predicted octanol–water partition coefficient (Wildman–Crippen LogP) is 8.59. The van der Waals surface area contributed by atoms with Crippen molar-refractivity contribution in [3.05, 3.63) is 108 Å². The Hall–Kier alpha value is -3.40. The molecule has 0 aliphatic heterocycles. The molecule has 0 nitrogen and oxygen atoms in total. The minimum Gasteiger partial charge on any atom is -0.206 e. The Morgan fingerprint density at radius 3 is 1.56 bits per heavy atom. The van der Waals surface area contributed by atoms with Gasteiger partial charge in [-0.05, 0) is 64.9 Å². The fraction of sp³-hybridized carbons (Fsp3) is 0.143. The van der Waals surface area contributed by atoms with E-state index in [1.54, 1.807) is 18.2 Å². The smallest absolute Gasteiger partial charge is 0.159 e. The average Bonchev–Trinajstić information content (AvgIpc) is 2.80. The molecule has 4 aromatic rings. The molecule has 0 radical (unpaired) electrons. The molecule has 4 heteroatoms. The lowest BCUT2D eigenvalue weighted by molar-refractivity contribution is 0.509. The minimum atomic E-state index is -1.05. The molecule has 0 amide bonds. The first-order chi connectivity index (χ1) is 15.5. The predicted molar refractivity (Wildman–Crippen MR) is 121 cm³/mol. The third kappa shape index (κ3) is 4.59. The monoisotopic (exact) mass is 434 g/mol. The van der Waals surface area contributed by atoms with Gasteiger partial charge in [0.25, 0.3) is 0 Å². The molecule has 0 spiro atoms. The molecule has 0 aliphatic rings. The van der Waals surface area contributed by atoms with Crippen LogP contribution in [0.2, 0.25) is 0 Å². The van der Waals surface area contributed by atoms with Crippen LogP contribution in [0.15, 0.2) is 78.9 Å². The van der Waals surface area contributed by atoms with Crippen molar-refractivity contribution in [1.29, 1.82) is 0 Å². The molecule has 4 rings (SSSR count). The standard InChI is InChI=1S/C28H22F4/c1-2-3-4-18-5-7-19(8-6-18)20-9-12-23(26(30)15-20)21-10-13-24(27(31)16-21)22-11-14-25(29)28(32)17-22/h5-17H,2-4H2,1H3. The lowest BCUT2D eigenvalue weighted by Crippen LogP contribution is -1.92. The summed E-state index contributed by atoms with van der Waals surface area (Å²) >= 11 is 0. The first kappa shape index (κ1) is 21.8. The lowest BCUT2D eigenvalue weighted by Gasteiger charge is -2.10. The molecular formula is C28H22F4. The van der Waals surface area contributed by atoms with E-state index in [9.17, 15) is 17.6 Å². The van der Waals surface area contributed by atoms with Gasteiger partial charge in [0.1, 0.15) is 11.6 Å². The van der Waals surface area contributed by atoms with Gasteiger partial charge in [0.05, 0.1) is 0 Å². The van der Waals surface area contributed by atoms with Crippen molar-refractivity contribution in [2.75, 3.05) is 0 Å². The fourth-order valence-corrected chi connectivity index (χ4v) is 3.75. The number of benzene rings is 4. The molecule has 0 aromatic heterocycles. The Balaban J connectivity index is 1.60. The fourth-order valence-electron chi connectivity index (χ4n) is 3.75. The summed E-state index contributed by atoms with van der Waals surface area (Å²) < 4.78 is 56.3. The van der Waals surface area contributed by atoms with Crippen LogP contribution in [0.3, 0.4) is 0 Å². The zero-order valence-corrected chi connectivity index (χ0v) is 17.6. The van der Waals surface area contributed by atoms with Crippen LogP contribution in [0.5, 0.6) is 0 Å². The van der Waals surface area contributed by atoms with E-state index in [-0.39, 0.29) is 16.7 Å². The van der Waals surface area contributed by atoms with Gasteiger partial charge in [0, 0.05) is 11.1 Å². The van der Waals surface area contributed by atoms with Crippen LogP contribution in [0.1, 0.15) is 25.3 Å². The summed E-state index contributed by atoms with van der Waals surface area (Å²) in [5.74, 6) is -3.15. The van der Waals surface area contributed by atoms with Crippen molar-refractivity contribution in [3.63, 3.8) is 0 Å². The third-order valence-electron chi connectivity index (χ3n) is 5.59. The summed E-state index contributed by atoms with van der Waals surface area (Å²) in [5.41, 5.74) is 3.88. The van der Waals surface area contributed by atoms with Gasteiger partial charge >= 0.3 is 0 Å². The first-order valence-corrected chi connectivity index (χ1v) is 10.6. The quantitative estimate of drug-likeness (QED) is 0.267. The SMILES string of the molecule is CCCCc1ccc(-c2ccc(-c3ccc(-c4ccc(F)c(F)c4)c(F)c3)c(F)c2)cc1. The molecule has 4 aromatic carbocycles. The molecular weight excluding hydrogens is 412 g/mol. The molecule has 162 valence electrons. The highest BCUT2D eigenvalue weighted by molar-refractivity contribution is 5.74. The summed E-state index contributed by atoms with van der Waals surface area (Å²) in [7, 11) is 0. The molecule has 0 saturated heterocycles. The van der Waals surface area contributed by atoms with Gasteiger partial charge < -0.3 is 0 Å². The van der Waals surface area contributed by atoms with Gasteiger partial charge in [0.2, 0.25) is 0 Å². The molecule has 32 heavy (non-hydrogen) atoms. The van der Waals surface area contributed by atoms with E-state index in [2.05, 4.69) is 19.1 Å². The summed E-state index contributed by atoms with van der Waals surface area (Å²) in [6, 6.07) is 20.4. The second-order valence-corrected chi connectivity index (χ2v) is 7.82. The van der Waals surface area contributed by atoms with Gasteiger partial charge in [0.15, 0.2) is 11.6 Å². The molecule has 0 unspecified atom stereocenters. The summed E-state index contributed by atoms with van der Waals surface area (Å²) in [4.78, 5) is 0. The van der Waals surface area contributed by atoms with Crippen LogP contribution >= 0.6 is 0 Å². The second kappa shape index (κ2) is 9.39. The number of unbranched alkanes of at least 4 members (excludes halogenated alkanes) is 1. The van der Waals surface area contributed by atoms with Crippen molar-refractivity contribution in [1.82, 2.24) is 0 Å². The highest BCUT2D eigenvalue weighted by atomic mass is 19.2. The number of aryl methyl sites for hydroxylation is 1. The Bertz CT molecular complexity index is 1240. The lowest BCUT2D eigenvalue weighted by atomic mass is 9.96. The van der Waals surface area contributed by atoms with E-state index in [1.807, 2.05) is 12.1 Å². The number of halogens is 4. The molecule has 0 fully saturated rings. The minimum absolute atomic E-state index is 0.118. The maximum Gasteiger partial charge on any atom is 0.159 e. The topological polar surface area (TPSA) is 0 Å². The van der Waals surface area contributed by atoms with Crippen LogP contribution in [0.25, 0.3) is 33.4 Å². The molecule has 0 atom stereocenters. The molecule has 0 aliphatic carbocycles. The van der Waals surface area contributed by atoms with E-state index in [0.29, 0.717) is 5.56 Å². The number of hydrogen-bond acceptors (Lipinski definition) is 0. The molecule has 0 N–H and O–H groups in total. The van der Waals surface area contributed by atoms with Crippen molar-refractivity contribution in [3.8, 4) is 33.4 Å². The zero-order valence-electron chi connectivity index (χ0n) is 17.6. The van der Waals surface area contributed by atoms with Crippen molar-refractivity contribution in [2.45, 2.75) is 26.2 Å². The van der Waals surface area contributed by atoms with Crippen LogP contribution in [-0.2, 0) is 6.42 Å². The van der Waals surface area contributed by atoms with E-state index >= 15 is 0 Å². The Morgan fingerprint density at radius 2 is 1.00 bits per heavy atom. The summed E-state index contributed by atoms with van der Waals surface area (Å²) in [6.07, 6.45) is 3.29. The Labute approximate surface area is 185 Å². The van der Waals surface area contributed by atoms with Gasteiger partial charge in [-0.25, -0.2) is 17.6 Å². The largest absolute Gasteiger partial charge is 0.206 e. The van der Waals surface area contributed by atoms with Crippen LogP contribution < -0.4 is 0 Å². The van der Waals surface area contributed by atoms with Gasteiger partial charge in [-0.1, -0.05) is 67.9 Å². The summed E-state index contributed by atoms with van der Waals surface area (Å²) in [6.45, 7) is 2.15. The van der Waals surface area contributed by atoms with Crippen molar-refractivity contribution in [2.24, 2.45) is 0 Å². The van der Waals surface area contributed by atoms with Crippen LogP contribution in [0.4, 0.5) is 17.6 Å². The maximum atomic E-state index is 14.9. The Morgan fingerprint density at radius 1 is 0.500 bits per heavy atom.